The maximum absolute atomic E-state index is 13.1. The van der Waals surface area contributed by atoms with E-state index in [2.05, 4.69) is 0 Å². The van der Waals surface area contributed by atoms with Gasteiger partial charge in [0.05, 0.1) is 28.2 Å². The predicted octanol–water partition coefficient (Wildman–Crippen LogP) is 5.92. The number of hydrogen-bond donors (Lipinski definition) is 1. The summed E-state index contributed by atoms with van der Waals surface area (Å²) in [6, 6.07) is 5.45. The zero-order chi connectivity index (χ0) is 22.2. The molecule has 1 aliphatic carbocycles. The Morgan fingerprint density at radius 2 is 2.10 bits per heavy atom. The van der Waals surface area contributed by atoms with Gasteiger partial charge in [0.1, 0.15) is 0 Å². The average molecular weight is 458 g/mol. The standard InChI is InChI=1S/C23H27ClF3NO3/c24-18-6-1-7-19-21(18)17(14-28(19)13-16-5-3-11-31-16)20(29)8-10-22(30)9-2-4-15(12-22)23(25,26)27/h1,6-7,14-16,30H,2-5,8-13H2. The molecule has 1 saturated heterocycles. The second-order valence-corrected chi connectivity index (χ2v) is 9.35. The molecule has 0 spiro atoms. The zero-order valence-corrected chi connectivity index (χ0v) is 18.0. The van der Waals surface area contributed by atoms with E-state index in [-0.39, 0.29) is 44.0 Å². The summed E-state index contributed by atoms with van der Waals surface area (Å²) in [5.41, 5.74) is -0.182. The van der Waals surface area contributed by atoms with Crippen molar-refractivity contribution in [2.75, 3.05) is 6.61 Å². The summed E-state index contributed by atoms with van der Waals surface area (Å²) < 4.78 is 47.1. The van der Waals surface area contributed by atoms with Crippen LogP contribution in [0.5, 0.6) is 0 Å². The average Bonchev–Trinajstić information content (AvgIpc) is 3.35. The fourth-order valence-electron chi connectivity index (χ4n) is 5.01. The van der Waals surface area contributed by atoms with Gasteiger partial charge >= 0.3 is 6.18 Å². The first-order valence-corrected chi connectivity index (χ1v) is 11.3. The Labute approximate surface area is 184 Å². The van der Waals surface area contributed by atoms with Crippen molar-refractivity contribution in [1.82, 2.24) is 4.57 Å². The molecule has 2 aromatic rings. The summed E-state index contributed by atoms with van der Waals surface area (Å²) in [6.07, 6.45) is -0.226. The van der Waals surface area contributed by atoms with Crippen molar-refractivity contribution in [3.8, 4) is 0 Å². The number of halogens is 4. The summed E-state index contributed by atoms with van der Waals surface area (Å²) in [7, 11) is 0. The Kier molecular flexibility index (Phi) is 6.39. The van der Waals surface area contributed by atoms with Gasteiger partial charge in [-0.3, -0.25) is 4.79 Å². The molecule has 1 aromatic carbocycles. The molecule has 8 heteroatoms. The summed E-state index contributed by atoms with van der Waals surface area (Å²) in [6.45, 7) is 1.34. The number of ketones is 1. The van der Waals surface area contributed by atoms with E-state index in [4.69, 9.17) is 16.3 Å². The largest absolute Gasteiger partial charge is 0.391 e. The molecular formula is C23H27ClF3NO3. The van der Waals surface area contributed by atoms with Crippen molar-refractivity contribution < 1.29 is 27.8 Å². The van der Waals surface area contributed by atoms with Crippen LogP contribution in [0.2, 0.25) is 5.02 Å². The molecule has 3 atom stereocenters. The van der Waals surface area contributed by atoms with Crippen LogP contribution in [0.4, 0.5) is 13.2 Å². The van der Waals surface area contributed by atoms with E-state index in [0.717, 1.165) is 25.0 Å². The monoisotopic (exact) mass is 457 g/mol. The molecule has 1 saturated carbocycles. The fourth-order valence-corrected chi connectivity index (χ4v) is 5.28. The summed E-state index contributed by atoms with van der Waals surface area (Å²) in [5.74, 6) is -1.73. The topological polar surface area (TPSA) is 51.5 Å². The van der Waals surface area contributed by atoms with Gasteiger partial charge in [0.25, 0.3) is 0 Å². The number of aromatic nitrogens is 1. The third-order valence-electron chi connectivity index (χ3n) is 6.68. The third kappa shape index (κ3) is 4.94. The highest BCUT2D eigenvalue weighted by atomic mass is 35.5. The molecule has 0 bridgehead atoms. The first-order valence-electron chi connectivity index (χ1n) is 10.9. The smallest absolute Gasteiger partial charge is 0.390 e. The molecule has 4 nitrogen and oxygen atoms in total. The van der Waals surface area contributed by atoms with Gasteiger partial charge in [0.15, 0.2) is 5.78 Å². The Morgan fingerprint density at radius 1 is 1.29 bits per heavy atom. The predicted molar refractivity (Wildman–Crippen MR) is 112 cm³/mol. The highest BCUT2D eigenvalue weighted by molar-refractivity contribution is 6.37. The number of Topliss-reactive ketones (excluding diaryl/α,β-unsaturated/α-hetero) is 1. The van der Waals surface area contributed by atoms with Crippen molar-refractivity contribution in [3.63, 3.8) is 0 Å². The lowest BCUT2D eigenvalue weighted by Gasteiger charge is -2.37. The van der Waals surface area contributed by atoms with Crippen LogP contribution in [0.15, 0.2) is 24.4 Å². The number of fused-ring (bicyclic) bond motifs is 1. The molecular weight excluding hydrogens is 431 g/mol. The molecule has 170 valence electrons. The molecule has 1 aromatic heterocycles. The van der Waals surface area contributed by atoms with Crippen LogP contribution in [0.3, 0.4) is 0 Å². The van der Waals surface area contributed by atoms with Crippen molar-refractivity contribution in [2.45, 2.75) is 75.8 Å². The van der Waals surface area contributed by atoms with Crippen molar-refractivity contribution in [3.05, 3.63) is 35.0 Å². The van der Waals surface area contributed by atoms with E-state index in [1.807, 2.05) is 16.7 Å². The van der Waals surface area contributed by atoms with Crippen LogP contribution >= 0.6 is 11.6 Å². The van der Waals surface area contributed by atoms with Crippen LogP contribution in [0, 0.1) is 5.92 Å². The number of aliphatic hydroxyl groups is 1. The van der Waals surface area contributed by atoms with Crippen LogP contribution in [0.25, 0.3) is 10.9 Å². The first kappa shape index (κ1) is 22.6. The normalized spacial score (nSPS) is 27.1. The molecule has 31 heavy (non-hydrogen) atoms. The van der Waals surface area contributed by atoms with Gasteiger partial charge in [-0.1, -0.05) is 17.7 Å². The Balaban J connectivity index is 1.52. The van der Waals surface area contributed by atoms with Crippen molar-refractivity contribution >= 4 is 28.3 Å². The van der Waals surface area contributed by atoms with E-state index >= 15 is 0 Å². The lowest BCUT2D eigenvalue weighted by molar-refractivity contribution is -0.201. The Bertz CT molecular complexity index is 951. The van der Waals surface area contributed by atoms with Gasteiger partial charge in [-0.2, -0.15) is 13.2 Å². The molecule has 2 fully saturated rings. The van der Waals surface area contributed by atoms with E-state index < -0.39 is 17.7 Å². The summed E-state index contributed by atoms with van der Waals surface area (Å²) >= 11 is 6.41. The van der Waals surface area contributed by atoms with Gasteiger partial charge in [0.2, 0.25) is 0 Å². The number of carbonyl (C=O) groups is 1. The minimum absolute atomic E-state index is 0.0152. The third-order valence-corrected chi connectivity index (χ3v) is 7.00. The number of rotatable bonds is 6. The van der Waals surface area contributed by atoms with Crippen molar-refractivity contribution in [2.24, 2.45) is 5.92 Å². The first-order chi connectivity index (χ1) is 14.7. The Hall–Kier alpha value is -1.57. The summed E-state index contributed by atoms with van der Waals surface area (Å²) in [5, 5.41) is 11.9. The lowest BCUT2D eigenvalue weighted by Crippen LogP contribution is -2.40. The van der Waals surface area contributed by atoms with Crippen molar-refractivity contribution in [1.29, 1.82) is 0 Å². The number of hydrogen-bond acceptors (Lipinski definition) is 3. The van der Waals surface area contributed by atoms with Gasteiger partial charge < -0.3 is 14.4 Å². The molecule has 1 N–H and O–H groups in total. The van der Waals surface area contributed by atoms with Crippen LogP contribution < -0.4 is 0 Å². The van der Waals surface area contributed by atoms with E-state index in [9.17, 15) is 23.1 Å². The second-order valence-electron chi connectivity index (χ2n) is 8.95. The fraction of sp³-hybridized carbons (Fsp3) is 0.609. The maximum Gasteiger partial charge on any atom is 0.391 e. The molecule has 0 amide bonds. The molecule has 0 radical (unpaired) electrons. The molecule has 3 unspecified atom stereocenters. The molecule has 2 heterocycles. The van der Waals surface area contributed by atoms with Gasteiger partial charge in [-0.25, -0.2) is 0 Å². The van der Waals surface area contributed by atoms with Crippen LogP contribution in [0.1, 0.15) is 61.7 Å². The number of alkyl halides is 3. The van der Waals surface area contributed by atoms with E-state index in [1.54, 1.807) is 12.3 Å². The number of nitrogens with zero attached hydrogens (tertiary/aromatic N) is 1. The number of carbonyl (C=O) groups excluding carboxylic acids is 1. The van der Waals surface area contributed by atoms with Gasteiger partial charge in [-0.15, -0.1) is 0 Å². The van der Waals surface area contributed by atoms with Crippen LogP contribution in [-0.4, -0.2) is 39.9 Å². The van der Waals surface area contributed by atoms with E-state index in [0.29, 0.717) is 28.9 Å². The highest BCUT2D eigenvalue weighted by Gasteiger charge is 2.46. The second kappa shape index (κ2) is 8.75. The maximum atomic E-state index is 13.1. The summed E-state index contributed by atoms with van der Waals surface area (Å²) in [4.78, 5) is 13.1. The quantitative estimate of drug-likeness (QED) is 0.548. The lowest BCUT2D eigenvalue weighted by atomic mass is 9.75. The minimum atomic E-state index is -4.32. The number of ether oxygens (including phenoxy) is 1. The van der Waals surface area contributed by atoms with E-state index in [1.165, 1.54) is 0 Å². The molecule has 2 aliphatic rings. The minimum Gasteiger partial charge on any atom is -0.390 e. The number of benzene rings is 1. The van der Waals surface area contributed by atoms with Crippen LogP contribution in [-0.2, 0) is 11.3 Å². The molecule has 4 rings (SSSR count). The highest BCUT2D eigenvalue weighted by Crippen LogP contribution is 2.43. The SMILES string of the molecule is O=C(CCC1(O)CCCC(C(F)(F)F)C1)c1cn(CC2CCCO2)c2cccc(Cl)c12. The van der Waals surface area contributed by atoms with Gasteiger partial charge in [-0.05, 0) is 57.1 Å². The molecule has 1 aliphatic heterocycles. The van der Waals surface area contributed by atoms with Gasteiger partial charge in [0, 0.05) is 36.7 Å². The zero-order valence-electron chi connectivity index (χ0n) is 17.3. The Morgan fingerprint density at radius 3 is 2.81 bits per heavy atom.